The average molecular weight is 327 g/mol. The smallest absolute Gasteiger partial charge is 0.263 e. The van der Waals surface area contributed by atoms with E-state index in [-0.39, 0.29) is 11.5 Å². The van der Waals surface area contributed by atoms with Crippen molar-refractivity contribution in [2.75, 3.05) is 45.8 Å². The van der Waals surface area contributed by atoms with Gasteiger partial charge in [-0.3, -0.25) is 9.69 Å². The molecule has 0 saturated carbocycles. The highest BCUT2D eigenvalue weighted by molar-refractivity contribution is 5.97. The number of carbonyl (C=O) groups excluding carboxylic acids is 1. The van der Waals surface area contributed by atoms with Crippen LogP contribution >= 0.6 is 0 Å². The quantitative estimate of drug-likeness (QED) is 0.362. The normalized spacial score (nSPS) is 15.5. The standard InChI is InChI=1S/C18H25N5O/c19-14-17(15-21-10-13-23-11-8-20-9-12-23)18(24)22-7-6-16-4-2-1-3-5-16/h1-5,15,20-21H,6-13H2,(H,22,24)/b17-15-. The summed E-state index contributed by atoms with van der Waals surface area (Å²) in [4.78, 5) is 14.4. The van der Waals surface area contributed by atoms with E-state index in [4.69, 9.17) is 5.26 Å². The summed E-state index contributed by atoms with van der Waals surface area (Å²) < 4.78 is 0. The molecule has 1 saturated heterocycles. The number of piperazine rings is 1. The van der Waals surface area contributed by atoms with Gasteiger partial charge in [0, 0.05) is 52.0 Å². The first-order valence-corrected chi connectivity index (χ1v) is 8.38. The van der Waals surface area contributed by atoms with Crippen molar-refractivity contribution in [2.24, 2.45) is 0 Å². The van der Waals surface area contributed by atoms with E-state index in [1.165, 1.54) is 6.20 Å². The van der Waals surface area contributed by atoms with Gasteiger partial charge < -0.3 is 16.0 Å². The summed E-state index contributed by atoms with van der Waals surface area (Å²) in [5.74, 6) is -0.330. The molecule has 1 heterocycles. The molecule has 0 unspecified atom stereocenters. The fraction of sp³-hybridized carbons (Fsp3) is 0.444. The molecule has 24 heavy (non-hydrogen) atoms. The van der Waals surface area contributed by atoms with Crippen LogP contribution in [0.4, 0.5) is 0 Å². The van der Waals surface area contributed by atoms with Gasteiger partial charge in [0.15, 0.2) is 0 Å². The summed E-state index contributed by atoms with van der Waals surface area (Å²) in [5, 5.41) is 18.3. The van der Waals surface area contributed by atoms with E-state index in [1.807, 2.05) is 36.4 Å². The van der Waals surface area contributed by atoms with Gasteiger partial charge in [0.05, 0.1) is 0 Å². The minimum Gasteiger partial charge on any atom is -0.388 e. The van der Waals surface area contributed by atoms with Crippen molar-refractivity contribution in [2.45, 2.75) is 6.42 Å². The lowest BCUT2D eigenvalue weighted by molar-refractivity contribution is -0.117. The molecule has 0 radical (unpaired) electrons. The van der Waals surface area contributed by atoms with E-state index >= 15 is 0 Å². The molecule has 1 fully saturated rings. The fourth-order valence-corrected chi connectivity index (χ4v) is 2.54. The van der Waals surface area contributed by atoms with Crippen molar-refractivity contribution in [3.8, 4) is 6.07 Å². The maximum Gasteiger partial charge on any atom is 0.263 e. The molecule has 128 valence electrons. The monoisotopic (exact) mass is 327 g/mol. The van der Waals surface area contributed by atoms with Crippen LogP contribution in [0.25, 0.3) is 0 Å². The molecule has 2 rings (SSSR count). The molecule has 0 aromatic heterocycles. The van der Waals surface area contributed by atoms with Crippen molar-refractivity contribution in [1.82, 2.24) is 20.9 Å². The Morgan fingerprint density at radius 2 is 2.00 bits per heavy atom. The number of nitrogens with zero attached hydrogens (tertiary/aromatic N) is 2. The predicted octanol–water partition coefficient (Wildman–Crippen LogP) is 0.248. The summed E-state index contributed by atoms with van der Waals surface area (Å²) >= 11 is 0. The van der Waals surface area contributed by atoms with Crippen molar-refractivity contribution >= 4 is 5.91 Å². The minimum atomic E-state index is -0.330. The Kier molecular flexibility index (Phi) is 7.81. The lowest BCUT2D eigenvalue weighted by Crippen LogP contribution is -2.45. The van der Waals surface area contributed by atoms with Crippen LogP contribution in [0.3, 0.4) is 0 Å². The zero-order valence-electron chi connectivity index (χ0n) is 13.9. The Morgan fingerprint density at radius 3 is 2.71 bits per heavy atom. The molecule has 1 aromatic rings. The number of hydrogen-bond donors (Lipinski definition) is 3. The summed E-state index contributed by atoms with van der Waals surface area (Å²) in [5.41, 5.74) is 1.28. The van der Waals surface area contributed by atoms with Crippen LogP contribution in [0.2, 0.25) is 0 Å². The highest BCUT2D eigenvalue weighted by atomic mass is 16.1. The maximum absolute atomic E-state index is 12.0. The van der Waals surface area contributed by atoms with Gasteiger partial charge in [-0.05, 0) is 12.0 Å². The topological polar surface area (TPSA) is 80.2 Å². The number of benzene rings is 1. The molecule has 0 spiro atoms. The largest absolute Gasteiger partial charge is 0.388 e. The van der Waals surface area contributed by atoms with Gasteiger partial charge in [-0.2, -0.15) is 5.26 Å². The van der Waals surface area contributed by atoms with E-state index < -0.39 is 0 Å². The van der Waals surface area contributed by atoms with E-state index in [9.17, 15) is 4.79 Å². The molecule has 6 nitrogen and oxygen atoms in total. The van der Waals surface area contributed by atoms with Crippen LogP contribution in [0.15, 0.2) is 42.1 Å². The summed E-state index contributed by atoms with van der Waals surface area (Å²) in [6.45, 7) is 6.26. The van der Waals surface area contributed by atoms with Crippen LogP contribution in [-0.2, 0) is 11.2 Å². The van der Waals surface area contributed by atoms with Crippen molar-refractivity contribution in [3.63, 3.8) is 0 Å². The molecule has 3 N–H and O–H groups in total. The molecule has 0 bridgehead atoms. The van der Waals surface area contributed by atoms with E-state index in [0.29, 0.717) is 6.54 Å². The Morgan fingerprint density at radius 1 is 1.25 bits per heavy atom. The number of carbonyl (C=O) groups is 1. The molecule has 1 aliphatic rings. The second-order valence-electron chi connectivity index (χ2n) is 5.71. The number of hydrogen-bond acceptors (Lipinski definition) is 5. The van der Waals surface area contributed by atoms with Gasteiger partial charge in [-0.25, -0.2) is 0 Å². The first kappa shape index (κ1) is 18.0. The Bertz CT molecular complexity index is 573. The highest BCUT2D eigenvalue weighted by Gasteiger charge is 2.09. The molecule has 0 aliphatic carbocycles. The number of nitrogens with one attached hydrogen (secondary N) is 3. The van der Waals surface area contributed by atoms with Gasteiger partial charge in [0.25, 0.3) is 5.91 Å². The highest BCUT2D eigenvalue weighted by Crippen LogP contribution is 1.99. The summed E-state index contributed by atoms with van der Waals surface area (Å²) in [6.07, 6.45) is 2.27. The van der Waals surface area contributed by atoms with Gasteiger partial charge in [0.2, 0.25) is 0 Å². The maximum atomic E-state index is 12.0. The Labute approximate surface area is 143 Å². The van der Waals surface area contributed by atoms with Gasteiger partial charge >= 0.3 is 0 Å². The molecular weight excluding hydrogens is 302 g/mol. The second kappa shape index (κ2) is 10.4. The van der Waals surface area contributed by atoms with Crippen molar-refractivity contribution in [3.05, 3.63) is 47.7 Å². The molecular formula is C18H25N5O. The van der Waals surface area contributed by atoms with E-state index in [2.05, 4.69) is 20.9 Å². The Balaban J connectivity index is 1.67. The molecule has 6 heteroatoms. The van der Waals surface area contributed by atoms with Crippen LogP contribution in [0.5, 0.6) is 0 Å². The van der Waals surface area contributed by atoms with E-state index in [1.54, 1.807) is 0 Å². The number of rotatable bonds is 8. The van der Waals surface area contributed by atoms with Crippen molar-refractivity contribution in [1.29, 1.82) is 5.26 Å². The van der Waals surface area contributed by atoms with E-state index in [0.717, 1.165) is 51.3 Å². The molecule has 0 atom stereocenters. The first-order valence-electron chi connectivity index (χ1n) is 8.38. The number of amides is 1. The van der Waals surface area contributed by atoms with Gasteiger partial charge in [0.1, 0.15) is 11.6 Å². The zero-order valence-corrected chi connectivity index (χ0v) is 13.9. The SMILES string of the molecule is N#C/C(=C/NCCN1CCNCC1)C(=O)NCCc1ccccc1. The fourth-order valence-electron chi connectivity index (χ4n) is 2.54. The van der Waals surface area contributed by atoms with Gasteiger partial charge in [-0.15, -0.1) is 0 Å². The lowest BCUT2D eigenvalue weighted by Gasteiger charge is -2.26. The van der Waals surface area contributed by atoms with Crippen LogP contribution in [0, 0.1) is 11.3 Å². The minimum absolute atomic E-state index is 0.114. The number of nitriles is 1. The average Bonchev–Trinajstić information content (AvgIpc) is 2.63. The molecule has 1 aromatic carbocycles. The lowest BCUT2D eigenvalue weighted by atomic mass is 10.1. The van der Waals surface area contributed by atoms with Crippen molar-refractivity contribution < 1.29 is 4.79 Å². The zero-order chi connectivity index (χ0) is 17.0. The molecule has 1 aliphatic heterocycles. The predicted molar refractivity (Wildman–Crippen MR) is 94.2 cm³/mol. The summed E-state index contributed by atoms with van der Waals surface area (Å²) in [7, 11) is 0. The molecule has 1 amide bonds. The second-order valence-corrected chi connectivity index (χ2v) is 5.71. The first-order chi connectivity index (χ1) is 11.8. The van der Waals surface area contributed by atoms with Crippen LogP contribution < -0.4 is 16.0 Å². The van der Waals surface area contributed by atoms with Crippen LogP contribution in [0.1, 0.15) is 5.56 Å². The summed E-state index contributed by atoms with van der Waals surface area (Å²) in [6, 6.07) is 11.9. The third-order valence-corrected chi connectivity index (χ3v) is 3.94. The third kappa shape index (κ3) is 6.41. The van der Waals surface area contributed by atoms with Gasteiger partial charge in [-0.1, -0.05) is 30.3 Å². The van der Waals surface area contributed by atoms with Crippen LogP contribution in [-0.4, -0.2) is 56.6 Å². The Hall–Kier alpha value is -2.36. The third-order valence-electron chi connectivity index (χ3n) is 3.94.